The van der Waals surface area contributed by atoms with E-state index >= 15 is 0 Å². The minimum absolute atomic E-state index is 0.0757. The van der Waals surface area contributed by atoms with Crippen molar-refractivity contribution in [1.29, 1.82) is 0 Å². The number of carboxylic acids is 1. The zero-order valence-electron chi connectivity index (χ0n) is 27.0. The molecular formula is C35H43N3O7. The van der Waals surface area contributed by atoms with Crippen LogP contribution in [-0.2, 0) is 19.1 Å². The van der Waals surface area contributed by atoms with Crippen molar-refractivity contribution in [2.75, 3.05) is 13.7 Å². The van der Waals surface area contributed by atoms with Gasteiger partial charge in [0.2, 0.25) is 5.91 Å². The van der Waals surface area contributed by atoms with E-state index < -0.39 is 41.3 Å². The lowest BCUT2D eigenvalue weighted by atomic mass is 9.87. The molecule has 0 radical (unpaired) electrons. The fourth-order valence-corrected chi connectivity index (χ4v) is 5.65. The number of rotatable bonds is 14. The number of amides is 1. The molecule has 0 unspecified atom stereocenters. The number of aryl methyl sites for hydroxylation is 1. The van der Waals surface area contributed by atoms with Crippen molar-refractivity contribution in [1.82, 2.24) is 15.3 Å². The van der Waals surface area contributed by atoms with E-state index in [0.717, 1.165) is 16.6 Å². The van der Waals surface area contributed by atoms with Crippen LogP contribution < -0.4 is 14.8 Å². The number of nitrogens with one attached hydrogen (secondary N) is 1. The number of carboxylic acid groups (broad SMARTS) is 1. The van der Waals surface area contributed by atoms with Crippen molar-refractivity contribution in [2.24, 2.45) is 17.8 Å². The molecule has 1 aliphatic rings. The lowest BCUT2D eigenvalue weighted by molar-refractivity contribution is -0.151. The monoisotopic (exact) mass is 617 g/mol. The molecule has 1 saturated carbocycles. The van der Waals surface area contributed by atoms with Crippen molar-refractivity contribution in [3.8, 4) is 22.9 Å². The van der Waals surface area contributed by atoms with Gasteiger partial charge >= 0.3 is 11.9 Å². The molecule has 10 heteroatoms. The number of ether oxygens (including phenoxy) is 3. The van der Waals surface area contributed by atoms with Crippen LogP contribution in [0.15, 0.2) is 49.1 Å². The summed E-state index contributed by atoms with van der Waals surface area (Å²) in [6.45, 7) is 15.0. The Kier molecular flexibility index (Phi) is 10.2. The van der Waals surface area contributed by atoms with E-state index in [2.05, 4.69) is 25.7 Å². The van der Waals surface area contributed by atoms with Crippen molar-refractivity contribution in [3.05, 3.63) is 60.3 Å². The van der Waals surface area contributed by atoms with Crippen LogP contribution in [0.4, 0.5) is 0 Å². The number of hydrogen-bond acceptors (Lipinski definition) is 8. The largest absolute Gasteiger partial charge is 0.496 e. The standard InChI is InChI=1S/C35H43N3O7/c1-9-23-18-35(23,34(42)44-10-2)38-32(39)25(21(6)33(40)41)16-20(5)45-30-17-28(27-13-11-12-26(36-27)19(3)4)37-31-22(7)29(43-8)15-14-24(30)31/h9,11-15,17,19-21,23,25H,1,10,16,18H2,2-8H3,(H,38,39)(H,40,41)/t20-,21+,23+,25+,35+/m0/s1. The number of pyridine rings is 2. The molecule has 45 heavy (non-hydrogen) atoms. The average molecular weight is 618 g/mol. The minimum Gasteiger partial charge on any atom is -0.496 e. The van der Waals surface area contributed by atoms with Gasteiger partial charge in [0.25, 0.3) is 0 Å². The Morgan fingerprint density at radius 2 is 1.84 bits per heavy atom. The van der Waals surface area contributed by atoms with Crippen LogP contribution in [0.25, 0.3) is 22.3 Å². The Labute approximate surface area is 264 Å². The van der Waals surface area contributed by atoms with Crippen LogP contribution >= 0.6 is 0 Å². The van der Waals surface area contributed by atoms with Crippen molar-refractivity contribution in [2.45, 2.75) is 71.9 Å². The third-order valence-electron chi connectivity index (χ3n) is 8.52. The first kappa shape index (κ1) is 33.4. The van der Waals surface area contributed by atoms with Crippen LogP contribution in [-0.4, -0.2) is 58.3 Å². The maximum absolute atomic E-state index is 13.7. The first-order valence-corrected chi connectivity index (χ1v) is 15.3. The quantitative estimate of drug-likeness (QED) is 0.168. The van der Waals surface area contributed by atoms with Gasteiger partial charge < -0.3 is 24.6 Å². The molecule has 3 aromatic rings. The summed E-state index contributed by atoms with van der Waals surface area (Å²) in [6, 6.07) is 11.3. The maximum atomic E-state index is 13.7. The molecular weight excluding hydrogens is 574 g/mol. The van der Waals surface area contributed by atoms with E-state index in [9.17, 15) is 19.5 Å². The summed E-state index contributed by atoms with van der Waals surface area (Å²) in [5.41, 5.74) is 2.50. The number of benzene rings is 1. The van der Waals surface area contributed by atoms with E-state index in [-0.39, 0.29) is 24.9 Å². The molecule has 4 rings (SSSR count). The Morgan fingerprint density at radius 1 is 1.11 bits per heavy atom. The summed E-state index contributed by atoms with van der Waals surface area (Å²) in [4.78, 5) is 48.3. The van der Waals surface area contributed by atoms with Gasteiger partial charge in [-0.05, 0) is 63.8 Å². The summed E-state index contributed by atoms with van der Waals surface area (Å²) in [7, 11) is 1.60. The lowest BCUT2D eigenvalue weighted by Gasteiger charge is -2.27. The second-order valence-corrected chi connectivity index (χ2v) is 12.0. The van der Waals surface area contributed by atoms with Gasteiger partial charge in [-0.2, -0.15) is 0 Å². The van der Waals surface area contributed by atoms with Gasteiger partial charge in [0.1, 0.15) is 17.0 Å². The van der Waals surface area contributed by atoms with Crippen LogP contribution in [0.3, 0.4) is 0 Å². The molecule has 0 aliphatic heterocycles. The summed E-state index contributed by atoms with van der Waals surface area (Å²) in [5, 5.41) is 13.5. The minimum atomic E-state index is -1.24. The lowest BCUT2D eigenvalue weighted by Crippen LogP contribution is -2.50. The zero-order chi connectivity index (χ0) is 33.1. The van der Waals surface area contributed by atoms with Gasteiger partial charge in [0.05, 0.1) is 48.6 Å². The predicted octanol–water partition coefficient (Wildman–Crippen LogP) is 5.86. The van der Waals surface area contributed by atoms with E-state index in [1.165, 1.54) is 6.92 Å². The average Bonchev–Trinajstić information content (AvgIpc) is 3.73. The molecule has 0 saturated heterocycles. The van der Waals surface area contributed by atoms with Gasteiger partial charge in [-0.1, -0.05) is 32.9 Å². The van der Waals surface area contributed by atoms with Crippen LogP contribution in [0, 0.1) is 24.7 Å². The summed E-state index contributed by atoms with van der Waals surface area (Å²) >= 11 is 0. The molecule has 240 valence electrons. The van der Waals surface area contributed by atoms with E-state index in [1.54, 1.807) is 27.0 Å². The highest BCUT2D eigenvalue weighted by Gasteiger charge is 2.61. The van der Waals surface area contributed by atoms with Crippen LogP contribution in [0.2, 0.25) is 0 Å². The number of hydrogen-bond donors (Lipinski definition) is 2. The zero-order valence-corrected chi connectivity index (χ0v) is 27.0. The second kappa shape index (κ2) is 13.7. The molecule has 0 spiro atoms. The molecule has 1 aromatic carbocycles. The molecule has 10 nitrogen and oxygen atoms in total. The molecule has 2 aromatic heterocycles. The maximum Gasteiger partial charge on any atom is 0.332 e. The fourth-order valence-electron chi connectivity index (χ4n) is 5.65. The van der Waals surface area contributed by atoms with E-state index in [0.29, 0.717) is 34.8 Å². The number of methoxy groups -OCH3 is 1. The first-order valence-electron chi connectivity index (χ1n) is 15.3. The highest BCUT2D eigenvalue weighted by Crippen LogP contribution is 2.46. The van der Waals surface area contributed by atoms with Crippen LogP contribution in [0.5, 0.6) is 11.5 Å². The number of carbonyl (C=O) groups is 3. The number of aliphatic carboxylic acids is 1. The predicted molar refractivity (Wildman–Crippen MR) is 171 cm³/mol. The number of nitrogens with zero attached hydrogens (tertiary/aromatic N) is 2. The van der Waals surface area contributed by atoms with Gasteiger partial charge in [-0.25, -0.2) is 9.78 Å². The second-order valence-electron chi connectivity index (χ2n) is 12.0. The molecule has 1 fully saturated rings. The third kappa shape index (κ3) is 6.95. The van der Waals surface area contributed by atoms with Crippen molar-refractivity contribution >= 4 is 28.7 Å². The number of esters is 1. The van der Waals surface area contributed by atoms with Crippen molar-refractivity contribution < 1.29 is 33.7 Å². The highest BCUT2D eigenvalue weighted by molar-refractivity contribution is 5.94. The SMILES string of the molecule is C=C[C@@H]1C[C@]1(NC(=O)[C@H](C[C@H](C)Oc1cc(-c2cccc(C(C)C)n2)nc2c(C)c(OC)ccc12)[C@@H](C)C(=O)O)C(=O)OCC. The Balaban J connectivity index is 1.68. The number of fused-ring (bicyclic) bond motifs is 1. The summed E-state index contributed by atoms with van der Waals surface area (Å²) < 4.78 is 17.3. The van der Waals surface area contributed by atoms with Gasteiger partial charge in [0.15, 0.2) is 0 Å². The highest BCUT2D eigenvalue weighted by atomic mass is 16.5. The number of aromatic nitrogens is 2. The van der Waals surface area contributed by atoms with E-state index in [1.807, 2.05) is 43.3 Å². The van der Waals surface area contributed by atoms with Gasteiger partial charge in [-0.15, -0.1) is 6.58 Å². The Bertz CT molecular complexity index is 1600. The normalized spacial score (nSPS) is 19.3. The van der Waals surface area contributed by atoms with Crippen molar-refractivity contribution in [3.63, 3.8) is 0 Å². The van der Waals surface area contributed by atoms with Gasteiger partial charge in [0, 0.05) is 28.6 Å². The summed E-state index contributed by atoms with van der Waals surface area (Å²) in [6.07, 6.45) is 1.44. The summed E-state index contributed by atoms with van der Waals surface area (Å²) in [5.74, 6) is -3.13. The molecule has 2 heterocycles. The van der Waals surface area contributed by atoms with Gasteiger partial charge in [-0.3, -0.25) is 14.6 Å². The first-order chi connectivity index (χ1) is 21.4. The fraction of sp³-hybridized carbons (Fsp3) is 0.457. The molecule has 1 aliphatic carbocycles. The third-order valence-corrected chi connectivity index (χ3v) is 8.52. The van der Waals surface area contributed by atoms with Crippen LogP contribution in [0.1, 0.15) is 64.6 Å². The molecule has 5 atom stereocenters. The van der Waals surface area contributed by atoms with E-state index in [4.69, 9.17) is 24.2 Å². The Hall–Kier alpha value is -4.47. The molecule has 0 bridgehead atoms. The topological polar surface area (TPSA) is 137 Å². The smallest absolute Gasteiger partial charge is 0.332 e. The Morgan fingerprint density at radius 3 is 2.44 bits per heavy atom. The number of carbonyl (C=O) groups excluding carboxylic acids is 2. The molecule has 1 amide bonds. The molecule has 2 N–H and O–H groups in total.